The van der Waals surface area contributed by atoms with Crippen LogP contribution in [0.2, 0.25) is 0 Å². The van der Waals surface area contributed by atoms with Gasteiger partial charge in [0.25, 0.3) is 0 Å². The summed E-state index contributed by atoms with van der Waals surface area (Å²) in [7, 11) is 0. The summed E-state index contributed by atoms with van der Waals surface area (Å²) in [6.45, 7) is 11.3. The van der Waals surface area contributed by atoms with Crippen molar-refractivity contribution < 1.29 is 47.6 Å². The summed E-state index contributed by atoms with van der Waals surface area (Å²) >= 11 is 0. The number of carbonyl (C=O) groups excluding carboxylic acids is 4. The van der Waals surface area contributed by atoms with Gasteiger partial charge in [-0.2, -0.15) is 0 Å². The van der Waals surface area contributed by atoms with Gasteiger partial charge < -0.3 is 28.4 Å². The highest BCUT2D eigenvalue weighted by molar-refractivity contribution is 5.88. The minimum Gasteiger partial charge on any atom is -0.494 e. The number of nitrogens with one attached hydrogen (secondary N) is 2. The molecule has 93 heavy (non-hydrogen) atoms. The van der Waals surface area contributed by atoms with Gasteiger partial charge in [-0.15, -0.1) is 0 Å². The second kappa shape index (κ2) is 44.7. The average Bonchev–Trinajstić information content (AvgIpc) is 2.85. The van der Waals surface area contributed by atoms with Gasteiger partial charge in [-0.25, -0.2) is 19.2 Å². The van der Waals surface area contributed by atoms with E-state index in [2.05, 4.69) is 48.3 Å². The van der Waals surface area contributed by atoms with E-state index < -0.39 is 12.2 Å². The number of hydrogen-bond acceptors (Lipinski definition) is 12. The van der Waals surface area contributed by atoms with E-state index >= 15 is 0 Å². The van der Waals surface area contributed by atoms with Crippen molar-refractivity contribution in [2.24, 2.45) is 21.8 Å². The second-order valence-electron chi connectivity index (χ2n) is 23.9. The molecule has 14 nitrogen and oxygen atoms in total. The Morgan fingerprint density at radius 2 is 0.688 bits per heavy atom. The monoisotopic (exact) mass is 1260 g/mol. The number of anilines is 2. The highest BCUT2D eigenvalue weighted by Gasteiger charge is 2.09. The van der Waals surface area contributed by atoms with Gasteiger partial charge in [0.2, 0.25) is 0 Å². The van der Waals surface area contributed by atoms with Crippen LogP contribution in [0.25, 0.3) is 12.2 Å². The number of unbranched alkanes of at least 4 members (excludes halogenated alkanes) is 16. The van der Waals surface area contributed by atoms with Gasteiger partial charge in [-0.05, 0) is 187 Å². The molecule has 0 aromatic heterocycles. The lowest BCUT2D eigenvalue weighted by Crippen LogP contribution is -2.14. The molecule has 0 saturated heterocycles. The number of hydrogen-bond donors (Lipinski definition) is 2. The zero-order valence-electron chi connectivity index (χ0n) is 55.5. The molecule has 0 fully saturated rings. The molecule has 2 N–H and O–H groups in total. The van der Waals surface area contributed by atoms with E-state index in [1.807, 2.05) is 158 Å². The van der Waals surface area contributed by atoms with E-state index in [9.17, 15) is 19.2 Å². The molecular weight excluding hydrogens is 1160 g/mol. The van der Waals surface area contributed by atoms with Crippen LogP contribution < -0.4 is 20.1 Å². The number of esters is 2. The highest BCUT2D eigenvalue weighted by Crippen LogP contribution is 2.22. The summed E-state index contributed by atoms with van der Waals surface area (Å²) in [6.07, 6.45) is 31.8. The topological polar surface area (TPSA) is 172 Å². The molecule has 0 unspecified atom stereocenters. The van der Waals surface area contributed by atoms with Crippen molar-refractivity contribution in [3.8, 4) is 11.5 Å². The fourth-order valence-electron chi connectivity index (χ4n) is 9.60. The van der Waals surface area contributed by atoms with Crippen LogP contribution >= 0.6 is 0 Å². The van der Waals surface area contributed by atoms with Crippen LogP contribution in [0.4, 0.5) is 32.3 Å². The third kappa shape index (κ3) is 32.9. The Balaban J connectivity index is 0.681. The number of benzene rings is 6. The van der Waals surface area contributed by atoms with Gasteiger partial charge in [0.1, 0.15) is 11.5 Å². The molecular formula is C79H100N4O10. The summed E-state index contributed by atoms with van der Waals surface area (Å²) < 4.78 is 33.4. The molecule has 496 valence electrons. The number of aliphatic imine (C=N–C) groups is 2. The normalized spacial score (nSPS) is 12.1. The van der Waals surface area contributed by atoms with Crippen LogP contribution in [0.1, 0.15) is 189 Å². The zero-order chi connectivity index (χ0) is 65.8. The fourth-order valence-corrected chi connectivity index (χ4v) is 9.60. The van der Waals surface area contributed by atoms with Crippen molar-refractivity contribution in [2.45, 2.75) is 163 Å². The summed E-state index contributed by atoms with van der Waals surface area (Å²) in [5.74, 6) is 1.77. The molecule has 0 saturated carbocycles. The third-order valence-electron chi connectivity index (χ3n) is 15.9. The fraction of sp³-hybridized carbons (Fsp3) is 0.418. The van der Waals surface area contributed by atoms with Gasteiger partial charge in [-0.1, -0.05) is 179 Å². The maximum Gasteiger partial charge on any atom is 0.411 e. The zero-order valence-corrected chi connectivity index (χ0v) is 55.5. The molecule has 0 radical (unpaired) electrons. The molecule has 0 aliphatic carbocycles. The molecule has 6 rings (SSSR count). The molecule has 14 heteroatoms. The molecule has 0 bridgehead atoms. The standard InChI is InChI=1S/C79H100N4O10/c1-5-62(3)60-92-76(84)51-37-64-25-39-70(40-26-64)80-58-68-33-47-74(48-34-68)88-53-21-17-13-9-7-11-15-19-23-55-90-78(86)82-72-43-29-66(30-44-72)57-67-31-45-73(46-32-67)83-79(87)91-56-24-20-16-12-8-10-14-18-22-54-89-75-49-35-69(36-50-75)59-81-71-41-27-65(28-42-71)38-52-77(85)93-61-63(4)6-2/h25-52,58-59,62-63H,5-24,53-57,60-61H2,1-4H3,(H,82,86)(H,83,87)/b51-37+,52-38+,80-58?,81-59?/t62-,63-/m0/s1. The predicted octanol–water partition coefficient (Wildman–Crippen LogP) is 20.3. The first-order chi connectivity index (χ1) is 45.5. The summed E-state index contributed by atoms with van der Waals surface area (Å²) in [4.78, 5) is 58.0. The van der Waals surface area contributed by atoms with E-state index in [0.717, 1.165) is 133 Å². The second-order valence-corrected chi connectivity index (χ2v) is 23.9. The number of ether oxygens (including phenoxy) is 6. The average molecular weight is 1270 g/mol. The Kier molecular flexibility index (Phi) is 35.2. The Morgan fingerprint density at radius 1 is 0.376 bits per heavy atom. The largest absolute Gasteiger partial charge is 0.494 e. The maximum atomic E-state index is 12.5. The van der Waals surface area contributed by atoms with Crippen LogP contribution in [-0.2, 0) is 35.0 Å². The van der Waals surface area contributed by atoms with Crippen molar-refractivity contribution in [3.05, 3.63) is 191 Å². The third-order valence-corrected chi connectivity index (χ3v) is 15.9. The molecule has 6 aromatic carbocycles. The van der Waals surface area contributed by atoms with Gasteiger partial charge in [0.15, 0.2) is 0 Å². The Hall–Kier alpha value is -8.78. The van der Waals surface area contributed by atoms with Crippen molar-refractivity contribution in [3.63, 3.8) is 0 Å². The van der Waals surface area contributed by atoms with Crippen LogP contribution in [-0.4, -0.2) is 76.2 Å². The van der Waals surface area contributed by atoms with Gasteiger partial charge in [-0.3, -0.25) is 20.6 Å². The maximum absolute atomic E-state index is 12.5. The van der Waals surface area contributed by atoms with Crippen LogP contribution in [0.5, 0.6) is 11.5 Å². The van der Waals surface area contributed by atoms with Gasteiger partial charge in [0.05, 0.1) is 51.0 Å². The quantitative estimate of drug-likeness (QED) is 0.0123. The SMILES string of the molecule is CC[C@H](C)COC(=O)/C=C/c1ccc(N=Cc2ccc(OCCCCCCCCCCCOC(=O)Nc3ccc(Cc4ccc(NC(=O)OCCCCCCCCCCCOc5ccc(C=Nc6ccc(/C=C/C(=O)OC[C@@H](C)CC)cc6)cc5)cc4)cc3)cc2)cc1. The number of amides is 2. The van der Waals surface area contributed by atoms with Crippen LogP contribution in [0.15, 0.2) is 168 Å². The molecule has 0 aliphatic heterocycles. The van der Waals surface area contributed by atoms with Crippen LogP contribution in [0, 0.1) is 11.8 Å². The van der Waals surface area contributed by atoms with E-state index in [1.165, 1.54) is 63.5 Å². The molecule has 6 aromatic rings. The van der Waals surface area contributed by atoms with Crippen molar-refractivity contribution in [1.29, 1.82) is 0 Å². The first-order valence-corrected chi connectivity index (χ1v) is 34.0. The molecule has 0 heterocycles. The lowest BCUT2D eigenvalue weighted by molar-refractivity contribution is -0.139. The van der Waals surface area contributed by atoms with Gasteiger partial charge >= 0.3 is 24.1 Å². The number of carbonyl (C=O) groups is 4. The number of nitrogens with zero attached hydrogens (tertiary/aromatic N) is 2. The smallest absolute Gasteiger partial charge is 0.411 e. The minimum absolute atomic E-state index is 0.328. The highest BCUT2D eigenvalue weighted by atomic mass is 16.6. The molecule has 0 spiro atoms. The first-order valence-electron chi connectivity index (χ1n) is 34.0. The van der Waals surface area contributed by atoms with Crippen molar-refractivity contribution >= 4 is 71.5 Å². The Morgan fingerprint density at radius 3 is 1.02 bits per heavy atom. The van der Waals surface area contributed by atoms with E-state index in [-0.39, 0.29) is 11.9 Å². The van der Waals surface area contributed by atoms with Gasteiger partial charge in [0, 0.05) is 36.0 Å². The first kappa shape index (κ1) is 73.3. The molecule has 2 amide bonds. The Labute approximate surface area is 553 Å². The summed E-state index contributed by atoms with van der Waals surface area (Å²) in [5.41, 5.74) is 9.03. The van der Waals surface area contributed by atoms with E-state index in [1.54, 1.807) is 12.2 Å². The summed E-state index contributed by atoms with van der Waals surface area (Å²) in [5, 5.41) is 5.67. The lowest BCUT2D eigenvalue weighted by Gasteiger charge is -2.09. The van der Waals surface area contributed by atoms with Crippen molar-refractivity contribution in [1.82, 2.24) is 0 Å². The van der Waals surface area contributed by atoms with Crippen molar-refractivity contribution in [2.75, 3.05) is 50.3 Å². The minimum atomic E-state index is -0.440. The summed E-state index contributed by atoms with van der Waals surface area (Å²) in [6, 6.07) is 46.8. The van der Waals surface area contributed by atoms with E-state index in [4.69, 9.17) is 28.4 Å². The molecule has 2 atom stereocenters. The molecule has 0 aliphatic rings. The van der Waals surface area contributed by atoms with E-state index in [0.29, 0.717) is 69.3 Å². The Bertz CT molecular complexity index is 2960. The van der Waals surface area contributed by atoms with Crippen LogP contribution in [0.3, 0.4) is 0 Å². The lowest BCUT2D eigenvalue weighted by atomic mass is 10.0. The number of rotatable bonds is 44. The predicted molar refractivity (Wildman–Crippen MR) is 379 cm³/mol.